The molecule has 0 radical (unpaired) electrons. The number of aliphatic hydroxyl groups excluding tert-OH is 1. The molecule has 0 aliphatic carbocycles. The predicted molar refractivity (Wildman–Crippen MR) is 119 cm³/mol. The second kappa shape index (κ2) is 8.24. The minimum Gasteiger partial charge on any atom is -0.491 e. The third kappa shape index (κ3) is 3.83. The summed E-state index contributed by atoms with van der Waals surface area (Å²) in [6, 6.07) is 19.4. The highest BCUT2D eigenvalue weighted by Crippen LogP contribution is 2.20. The molecule has 5 rings (SSSR count). The van der Waals surface area contributed by atoms with Crippen molar-refractivity contribution in [2.24, 2.45) is 0 Å². The van der Waals surface area contributed by atoms with E-state index in [1.165, 1.54) is 33.9 Å². The quantitative estimate of drug-likeness (QED) is 0.447. The van der Waals surface area contributed by atoms with Gasteiger partial charge in [-0.3, -0.25) is 9.36 Å². The summed E-state index contributed by atoms with van der Waals surface area (Å²) in [5.74, 6) is 0.282. The second-order valence-corrected chi connectivity index (χ2v) is 7.45. The molecule has 0 unspecified atom stereocenters. The fourth-order valence-electron chi connectivity index (χ4n) is 3.58. The van der Waals surface area contributed by atoms with E-state index in [4.69, 9.17) is 4.74 Å². The zero-order chi connectivity index (χ0) is 22.1. The monoisotopic (exact) mass is 430 g/mol. The molecule has 0 amide bonds. The minimum atomic E-state index is -0.912. The van der Waals surface area contributed by atoms with E-state index in [1.54, 1.807) is 12.1 Å². The van der Waals surface area contributed by atoms with Crippen LogP contribution in [0.15, 0.2) is 84.0 Å². The number of hydrogen-bond donors (Lipinski definition) is 1. The van der Waals surface area contributed by atoms with E-state index >= 15 is 0 Å². The Hall–Kier alpha value is -4.04. The highest BCUT2D eigenvalue weighted by Gasteiger charge is 2.14. The molecule has 0 saturated carbocycles. The maximum atomic E-state index is 13.2. The maximum Gasteiger partial charge on any atom is 0.264 e. The first-order valence-corrected chi connectivity index (χ1v) is 10.1. The predicted octanol–water partition coefficient (Wildman–Crippen LogP) is 3.31. The lowest BCUT2D eigenvalue weighted by atomic mass is 10.1. The van der Waals surface area contributed by atoms with Crippen molar-refractivity contribution in [1.82, 2.24) is 19.3 Å². The number of ether oxygens (including phenoxy) is 1. The fourth-order valence-corrected chi connectivity index (χ4v) is 3.58. The number of aliphatic hydroxyl groups is 1. The summed E-state index contributed by atoms with van der Waals surface area (Å²) >= 11 is 0. The normalized spacial score (nSPS) is 12.3. The minimum absolute atomic E-state index is 0.0249. The van der Waals surface area contributed by atoms with Crippen LogP contribution in [0.25, 0.3) is 27.5 Å². The van der Waals surface area contributed by atoms with Crippen LogP contribution in [0.3, 0.4) is 0 Å². The summed E-state index contributed by atoms with van der Waals surface area (Å²) in [6.45, 7) is 0.0503. The molecule has 1 atom stereocenters. The van der Waals surface area contributed by atoms with Crippen LogP contribution in [-0.4, -0.2) is 37.1 Å². The van der Waals surface area contributed by atoms with E-state index in [0.717, 1.165) is 10.8 Å². The molecule has 0 bridgehead atoms. The summed E-state index contributed by atoms with van der Waals surface area (Å²) in [5.41, 5.74) is 0.628. The Labute approximate surface area is 181 Å². The van der Waals surface area contributed by atoms with Gasteiger partial charge in [0.2, 0.25) is 0 Å². The highest BCUT2D eigenvalue weighted by molar-refractivity contribution is 5.83. The van der Waals surface area contributed by atoms with Gasteiger partial charge in [0, 0.05) is 0 Å². The molecule has 0 aliphatic rings. The molecule has 0 saturated heterocycles. The largest absolute Gasteiger partial charge is 0.491 e. The number of hydrogen-bond acceptors (Lipinski definition) is 5. The van der Waals surface area contributed by atoms with Crippen LogP contribution >= 0.6 is 0 Å². The first-order chi connectivity index (χ1) is 15.6. The van der Waals surface area contributed by atoms with Gasteiger partial charge in [-0.15, -0.1) is 0 Å². The highest BCUT2D eigenvalue weighted by atomic mass is 19.1. The van der Waals surface area contributed by atoms with E-state index in [0.29, 0.717) is 22.5 Å². The first-order valence-electron chi connectivity index (χ1n) is 10.1. The van der Waals surface area contributed by atoms with Crippen molar-refractivity contribution in [3.05, 3.63) is 95.4 Å². The van der Waals surface area contributed by atoms with Gasteiger partial charge in [0.1, 0.15) is 36.0 Å². The summed E-state index contributed by atoms with van der Waals surface area (Å²) in [5, 5.41) is 17.1. The summed E-state index contributed by atoms with van der Waals surface area (Å²) in [7, 11) is 0. The molecular weight excluding hydrogens is 411 g/mol. The maximum absolute atomic E-state index is 13.2. The van der Waals surface area contributed by atoms with E-state index < -0.39 is 6.10 Å². The number of fused-ring (bicyclic) bond motifs is 2. The Bertz CT molecular complexity index is 1460. The van der Waals surface area contributed by atoms with E-state index in [9.17, 15) is 14.3 Å². The molecule has 2 heterocycles. The van der Waals surface area contributed by atoms with Gasteiger partial charge >= 0.3 is 0 Å². The molecule has 160 valence electrons. The Morgan fingerprint density at radius 1 is 1.03 bits per heavy atom. The van der Waals surface area contributed by atoms with Gasteiger partial charge < -0.3 is 9.84 Å². The molecule has 3 aromatic carbocycles. The molecule has 0 aliphatic heterocycles. The van der Waals surface area contributed by atoms with Crippen molar-refractivity contribution >= 4 is 21.8 Å². The van der Waals surface area contributed by atoms with Gasteiger partial charge in [-0.1, -0.05) is 30.3 Å². The number of nitrogens with zero attached hydrogens (tertiary/aromatic N) is 4. The standard InChI is InChI=1S/C24H19FN4O3/c25-18-6-8-19(9-7-18)29-23-22(12-27-29)24(31)28(15-26-23)13-20(30)14-32-21-10-5-16-3-1-2-4-17(16)11-21/h1-12,15,20,30H,13-14H2/t20-/m1/s1. The fraction of sp³-hybridized carbons (Fsp3) is 0.125. The summed E-state index contributed by atoms with van der Waals surface area (Å²) < 4.78 is 21.7. The molecule has 5 aromatic rings. The van der Waals surface area contributed by atoms with Crippen LogP contribution in [-0.2, 0) is 6.54 Å². The second-order valence-electron chi connectivity index (χ2n) is 7.45. The first kappa shape index (κ1) is 19.9. The molecule has 2 aromatic heterocycles. The summed E-state index contributed by atoms with van der Waals surface area (Å²) in [6.07, 6.45) is 1.87. The number of rotatable bonds is 6. The lowest BCUT2D eigenvalue weighted by Gasteiger charge is -2.14. The Kier molecular flexibility index (Phi) is 5.12. The zero-order valence-electron chi connectivity index (χ0n) is 16.9. The Morgan fingerprint density at radius 3 is 2.62 bits per heavy atom. The van der Waals surface area contributed by atoms with Crippen LogP contribution in [0, 0.1) is 5.82 Å². The number of aromatic nitrogens is 4. The zero-order valence-corrected chi connectivity index (χ0v) is 16.9. The van der Waals surface area contributed by atoms with Crippen LogP contribution in [0.1, 0.15) is 0 Å². The van der Waals surface area contributed by atoms with Crippen LogP contribution in [0.5, 0.6) is 5.75 Å². The molecule has 8 heteroatoms. The number of benzene rings is 3. The smallest absolute Gasteiger partial charge is 0.264 e. The van der Waals surface area contributed by atoms with Crippen molar-refractivity contribution < 1.29 is 14.2 Å². The third-order valence-electron chi connectivity index (χ3n) is 5.20. The topological polar surface area (TPSA) is 82.2 Å². The average molecular weight is 430 g/mol. The molecule has 7 nitrogen and oxygen atoms in total. The van der Waals surface area contributed by atoms with E-state index in [1.807, 2.05) is 42.5 Å². The molecule has 1 N–H and O–H groups in total. The van der Waals surface area contributed by atoms with Crippen LogP contribution in [0.4, 0.5) is 4.39 Å². The van der Waals surface area contributed by atoms with Crippen molar-refractivity contribution in [1.29, 1.82) is 0 Å². The average Bonchev–Trinajstić information content (AvgIpc) is 3.25. The molecule has 0 spiro atoms. The summed E-state index contributed by atoms with van der Waals surface area (Å²) in [4.78, 5) is 17.2. The third-order valence-corrected chi connectivity index (χ3v) is 5.20. The van der Waals surface area contributed by atoms with Gasteiger partial charge in [-0.25, -0.2) is 14.1 Å². The van der Waals surface area contributed by atoms with Crippen molar-refractivity contribution in [3.63, 3.8) is 0 Å². The van der Waals surface area contributed by atoms with Gasteiger partial charge in [0.25, 0.3) is 5.56 Å². The molecule has 0 fully saturated rings. The Morgan fingerprint density at radius 2 is 1.81 bits per heavy atom. The van der Waals surface area contributed by atoms with E-state index in [2.05, 4.69) is 10.1 Å². The van der Waals surface area contributed by atoms with Gasteiger partial charge in [0.15, 0.2) is 5.65 Å². The van der Waals surface area contributed by atoms with E-state index in [-0.39, 0.29) is 24.5 Å². The van der Waals surface area contributed by atoms with Gasteiger partial charge in [-0.2, -0.15) is 5.10 Å². The lowest BCUT2D eigenvalue weighted by Crippen LogP contribution is -2.30. The lowest BCUT2D eigenvalue weighted by molar-refractivity contribution is 0.0915. The van der Waals surface area contributed by atoms with Crippen molar-refractivity contribution in [2.45, 2.75) is 12.6 Å². The van der Waals surface area contributed by atoms with Crippen LogP contribution < -0.4 is 10.3 Å². The SMILES string of the molecule is O=c1c2cnn(-c3ccc(F)cc3)c2ncn1C[C@@H](O)COc1ccc2ccccc2c1. The van der Waals surface area contributed by atoms with Gasteiger partial charge in [0.05, 0.1) is 18.4 Å². The Balaban J connectivity index is 1.31. The van der Waals surface area contributed by atoms with Gasteiger partial charge in [-0.05, 0) is 47.2 Å². The van der Waals surface area contributed by atoms with Crippen molar-refractivity contribution in [2.75, 3.05) is 6.61 Å². The molecule has 32 heavy (non-hydrogen) atoms. The number of halogens is 1. The molecular formula is C24H19FN4O3. The van der Waals surface area contributed by atoms with Crippen molar-refractivity contribution in [3.8, 4) is 11.4 Å². The van der Waals surface area contributed by atoms with Crippen LogP contribution in [0.2, 0.25) is 0 Å².